The zero-order chi connectivity index (χ0) is 20.8. The lowest BCUT2D eigenvalue weighted by molar-refractivity contribution is -0.114. The van der Waals surface area contributed by atoms with Gasteiger partial charge in [0.15, 0.2) is 0 Å². The number of amides is 1. The molecular weight excluding hydrogens is 352 g/mol. The number of benzene rings is 2. The molecule has 28 heavy (non-hydrogen) atoms. The minimum absolute atomic E-state index is 0.238. The number of hydrogen-bond donors (Lipinski definition) is 4. The molecule has 0 heterocycles. The number of aryl methyl sites for hydroxylation is 2. The molecular formula is C22H28N4O2. The first-order chi connectivity index (χ1) is 13.3. The lowest BCUT2D eigenvalue weighted by Crippen LogP contribution is -2.26. The van der Waals surface area contributed by atoms with Crippen LogP contribution >= 0.6 is 0 Å². The summed E-state index contributed by atoms with van der Waals surface area (Å²) in [6.07, 6.45) is 0. The molecule has 0 spiro atoms. The second kappa shape index (κ2) is 9.08. The molecule has 148 valence electrons. The number of anilines is 1. The number of likely N-dealkylation sites (N-methyl/N-ethyl adjacent to an activating group) is 1. The van der Waals surface area contributed by atoms with Gasteiger partial charge < -0.3 is 21.1 Å². The Labute approximate surface area is 166 Å². The van der Waals surface area contributed by atoms with E-state index in [-0.39, 0.29) is 11.4 Å². The van der Waals surface area contributed by atoms with E-state index in [4.69, 9.17) is 15.9 Å². The van der Waals surface area contributed by atoms with Crippen LogP contribution in [0.25, 0.3) is 0 Å². The van der Waals surface area contributed by atoms with Crippen molar-refractivity contribution in [3.05, 3.63) is 69.9 Å². The number of carbonyl (C=O) groups is 1. The van der Waals surface area contributed by atoms with Gasteiger partial charge in [0.2, 0.25) is 0 Å². The summed E-state index contributed by atoms with van der Waals surface area (Å²) in [6, 6.07) is 11.6. The maximum Gasteiger partial charge on any atom is 0.265 e. The van der Waals surface area contributed by atoms with Crippen molar-refractivity contribution in [2.24, 2.45) is 5.73 Å². The molecule has 0 unspecified atom stereocenters. The predicted octanol–water partition coefficient (Wildman–Crippen LogP) is 3.27. The van der Waals surface area contributed by atoms with E-state index in [1.165, 1.54) is 0 Å². The van der Waals surface area contributed by atoms with Crippen LogP contribution in [0.4, 0.5) is 5.69 Å². The zero-order valence-electron chi connectivity index (χ0n) is 17.1. The average molecular weight is 380 g/mol. The van der Waals surface area contributed by atoms with E-state index in [0.29, 0.717) is 17.7 Å². The van der Waals surface area contributed by atoms with Gasteiger partial charge in [0.25, 0.3) is 5.91 Å². The molecule has 1 amide bonds. The molecule has 0 saturated carbocycles. The minimum Gasteiger partial charge on any atom is -0.489 e. The van der Waals surface area contributed by atoms with E-state index in [1.54, 1.807) is 14.0 Å². The number of rotatable bonds is 8. The van der Waals surface area contributed by atoms with Crippen molar-refractivity contribution in [3.63, 3.8) is 0 Å². The molecule has 5 N–H and O–H groups in total. The summed E-state index contributed by atoms with van der Waals surface area (Å²) in [4.78, 5) is 11.5. The largest absolute Gasteiger partial charge is 0.489 e. The lowest BCUT2D eigenvalue weighted by atomic mass is 9.99. The molecule has 2 aromatic rings. The summed E-state index contributed by atoms with van der Waals surface area (Å²) in [7, 11) is 3.51. The topological polar surface area (TPSA) is 100 Å². The van der Waals surface area contributed by atoms with Gasteiger partial charge in [-0.3, -0.25) is 10.2 Å². The molecule has 6 heteroatoms. The van der Waals surface area contributed by atoms with Gasteiger partial charge >= 0.3 is 0 Å². The number of carbonyl (C=O) groups excluding carboxylic acids is 1. The van der Waals surface area contributed by atoms with Gasteiger partial charge in [-0.1, -0.05) is 12.1 Å². The first-order valence-electron chi connectivity index (χ1n) is 9.07. The third-order valence-electron chi connectivity index (χ3n) is 4.76. The molecule has 0 aliphatic carbocycles. The fraction of sp³-hybridized carbons (Fsp3) is 0.273. The third-order valence-corrected chi connectivity index (χ3v) is 4.76. The highest BCUT2D eigenvalue weighted by Gasteiger charge is 2.14. The smallest absolute Gasteiger partial charge is 0.265 e. The fourth-order valence-electron chi connectivity index (χ4n) is 3.08. The molecule has 6 nitrogen and oxygen atoms in total. The standard InChI is InChI=1S/C22H28N4O2/c1-13-7-6-8-18(25-4)17(13)12-28-19-10-9-16(11-14(19)2)20(23)15(3)21(26-5)22(24)27/h6-11,23,25-26H,12H2,1-5H3,(H2,24,27)/b21-15-,23-20?. The normalized spacial score (nSPS) is 11.5. The molecule has 0 saturated heterocycles. The number of hydrogen-bond acceptors (Lipinski definition) is 5. The van der Waals surface area contributed by atoms with Gasteiger partial charge in [-0.2, -0.15) is 0 Å². The molecule has 2 rings (SSSR count). The van der Waals surface area contributed by atoms with E-state index in [2.05, 4.69) is 23.6 Å². The van der Waals surface area contributed by atoms with Crippen molar-refractivity contribution >= 4 is 17.3 Å². The van der Waals surface area contributed by atoms with Crippen LogP contribution in [0.2, 0.25) is 0 Å². The van der Waals surface area contributed by atoms with Crippen molar-refractivity contribution in [3.8, 4) is 5.75 Å². The Kier molecular flexibility index (Phi) is 6.82. The van der Waals surface area contributed by atoms with Crippen LogP contribution in [0.15, 0.2) is 47.7 Å². The van der Waals surface area contributed by atoms with E-state index >= 15 is 0 Å². The van der Waals surface area contributed by atoms with Crippen molar-refractivity contribution in [2.75, 3.05) is 19.4 Å². The minimum atomic E-state index is -0.583. The maximum atomic E-state index is 11.5. The van der Waals surface area contributed by atoms with Crippen LogP contribution in [0.1, 0.15) is 29.2 Å². The molecule has 0 aliphatic heterocycles. The second-order valence-electron chi connectivity index (χ2n) is 6.61. The van der Waals surface area contributed by atoms with E-state index < -0.39 is 5.91 Å². The first kappa shape index (κ1) is 21.0. The van der Waals surface area contributed by atoms with Gasteiger partial charge in [-0.25, -0.2) is 0 Å². The third kappa shape index (κ3) is 4.52. The molecule has 0 aromatic heterocycles. The Bertz CT molecular complexity index is 932. The van der Waals surface area contributed by atoms with E-state index in [9.17, 15) is 4.79 Å². The van der Waals surface area contributed by atoms with Crippen LogP contribution in [0, 0.1) is 19.3 Å². The summed E-state index contributed by atoms with van der Waals surface area (Å²) in [5.74, 6) is 0.173. The van der Waals surface area contributed by atoms with E-state index in [0.717, 1.165) is 28.1 Å². The molecule has 0 fully saturated rings. The van der Waals surface area contributed by atoms with Gasteiger partial charge in [0, 0.05) is 36.5 Å². The van der Waals surface area contributed by atoms with Gasteiger partial charge in [-0.15, -0.1) is 0 Å². The van der Waals surface area contributed by atoms with Crippen LogP contribution < -0.4 is 21.1 Å². The summed E-state index contributed by atoms with van der Waals surface area (Å²) >= 11 is 0. The van der Waals surface area contributed by atoms with Crippen molar-refractivity contribution in [2.45, 2.75) is 27.4 Å². The molecule has 2 aromatic carbocycles. The highest BCUT2D eigenvalue weighted by atomic mass is 16.5. The second-order valence-corrected chi connectivity index (χ2v) is 6.61. The van der Waals surface area contributed by atoms with Crippen molar-refractivity contribution in [1.29, 1.82) is 5.41 Å². The Morgan fingerprint density at radius 1 is 1.14 bits per heavy atom. The fourth-order valence-corrected chi connectivity index (χ4v) is 3.08. The van der Waals surface area contributed by atoms with Crippen molar-refractivity contribution < 1.29 is 9.53 Å². The van der Waals surface area contributed by atoms with Crippen LogP contribution in [0.5, 0.6) is 5.75 Å². The lowest BCUT2D eigenvalue weighted by Gasteiger charge is -2.16. The molecule has 0 bridgehead atoms. The Hall–Kier alpha value is -3.28. The molecule has 0 radical (unpaired) electrons. The Balaban J connectivity index is 2.24. The summed E-state index contributed by atoms with van der Waals surface area (Å²) in [5.41, 5.74) is 11.3. The number of nitrogens with one attached hydrogen (secondary N) is 3. The van der Waals surface area contributed by atoms with Gasteiger partial charge in [0.1, 0.15) is 18.1 Å². The monoisotopic (exact) mass is 380 g/mol. The Morgan fingerprint density at radius 2 is 1.86 bits per heavy atom. The van der Waals surface area contributed by atoms with Gasteiger partial charge in [0.05, 0.1) is 5.71 Å². The molecule has 0 aliphatic rings. The van der Waals surface area contributed by atoms with Crippen LogP contribution in [-0.4, -0.2) is 25.7 Å². The SMILES string of the molecule is CN/C(C(N)=O)=C(/C)C(=N)c1ccc(OCc2c(C)cccc2NC)c(C)c1. The van der Waals surface area contributed by atoms with Crippen LogP contribution in [0.3, 0.4) is 0 Å². The highest BCUT2D eigenvalue weighted by molar-refractivity contribution is 6.14. The Morgan fingerprint density at radius 3 is 2.43 bits per heavy atom. The molecule has 0 atom stereocenters. The van der Waals surface area contributed by atoms with Gasteiger partial charge in [-0.05, 0) is 56.2 Å². The van der Waals surface area contributed by atoms with E-state index in [1.807, 2.05) is 44.3 Å². The number of allylic oxidation sites excluding steroid dienone is 1. The zero-order valence-corrected chi connectivity index (χ0v) is 17.1. The first-order valence-corrected chi connectivity index (χ1v) is 9.07. The predicted molar refractivity (Wildman–Crippen MR) is 114 cm³/mol. The quantitative estimate of drug-likeness (QED) is 0.417. The number of primary amides is 1. The van der Waals surface area contributed by atoms with Crippen LogP contribution in [-0.2, 0) is 11.4 Å². The highest BCUT2D eigenvalue weighted by Crippen LogP contribution is 2.25. The summed E-state index contributed by atoms with van der Waals surface area (Å²) in [5, 5.41) is 14.4. The maximum absolute atomic E-state index is 11.5. The average Bonchev–Trinajstić information content (AvgIpc) is 2.67. The van der Waals surface area contributed by atoms with Crippen molar-refractivity contribution in [1.82, 2.24) is 5.32 Å². The number of ether oxygens (including phenoxy) is 1. The number of nitrogens with two attached hydrogens (primary N) is 1. The summed E-state index contributed by atoms with van der Waals surface area (Å²) in [6.45, 7) is 6.15. The summed E-state index contributed by atoms with van der Waals surface area (Å²) < 4.78 is 6.04.